The standard InChI is InChI=1S/C19H18O7S/c1-9-13-15(21)16(22)14-10-4-3-7-19(2,8-20)12(10)6-5-11(14)17(13)26-18(9)27(23,24)25/h5-6,20H,3-4,7-8H2,1-2H3,(H,23,24,25). The molecule has 0 fully saturated rings. The third-order valence-electron chi connectivity index (χ3n) is 5.71. The van der Waals surface area contributed by atoms with Crippen LogP contribution < -0.4 is 0 Å². The van der Waals surface area contributed by atoms with Crippen LogP contribution in [0.4, 0.5) is 0 Å². The van der Waals surface area contributed by atoms with Crippen molar-refractivity contribution in [3.63, 3.8) is 0 Å². The first kappa shape index (κ1) is 18.1. The summed E-state index contributed by atoms with van der Waals surface area (Å²) in [6.07, 6.45) is 2.09. The highest BCUT2D eigenvalue weighted by Gasteiger charge is 2.42. The molecule has 1 atom stereocenters. The molecule has 2 aromatic rings. The monoisotopic (exact) mass is 390 g/mol. The molecule has 0 aliphatic heterocycles. The van der Waals surface area contributed by atoms with Gasteiger partial charge in [0.05, 0.1) is 12.2 Å². The van der Waals surface area contributed by atoms with E-state index in [1.807, 2.05) is 6.92 Å². The molecule has 0 spiro atoms. The van der Waals surface area contributed by atoms with Crippen LogP contribution in [0.5, 0.6) is 0 Å². The number of ketones is 2. The van der Waals surface area contributed by atoms with E-state index in [1.165, 1.54) is 6.92 Å². The highest BCUT2D eigenvalue weighted by Crippen LogP contribution is 2.46. The molecule has 2 aliphatic rings. The molecular formula is C19H18O7S. The summed E-state index contributed by atoms with van der Waals surface area (Å²) in [5.41, 5.74) is 1.36. The van der Waals surface area contributed by atoms with Crippen molar-refractivity contribution in [2.24, 2.45) is 0 Å². The lowest BCUT2D eigenvalue weighted by Crippen LogP contribution is -2.34. The van der Waals surface area contributed by atoms with Gasteiger partial charge < -0.3 is 9.52 Å². The van der Waals surface area contributed by atoms with E-state index < -0.39 is 32.2 Å². The van der Waals surface area contributed by atoms with Crippen molar-refractivity contribution in [1.82, 2.24) is 0 Å². The second-order valence-corrected chi connectivity index (χ2v) is 8.76. The van der Waals surface area contributed by atoms with E-state index in [-0.39, 0.29) is 29.1 Å². The van der Waals surface area contributed by atoms with E-state index in [0.29, 0.717) is 17.5 Å². The number of fused-ring (bicyclic) bond motifs is 5. The van der Waals surface area contributed by atoms with Gasteiger partial charge in [-0.25, -0.2) is 0 Å². The molecule has 1 unspecified atom stereocenters. The summed E-state index contributed by atoms with van der Waals surface area (Å²) in [7, 11) is -4.67. The molecule has 8 heteroatoms. The number of Topliss-reactive ketones (excluding diaryl/α,β-unsaturated/α-hetero) is 2. The lowest BCUT2D eigenvalue weighted by Gasteiger charge is -2.36. The number of benzene rings is 1. The first-order chi connectivity index (χ1) is 12.6. The van der Waals surface area contributed by atoms with Gasteiger partial charge in [0.1, 0.15) is 5.76 Å². The Kier molecular flexibility index (Phi) is 3.76. The van der Waals surface area contributed by atoms with Gasteiger partial charge in [0.15, 0.2) is 0 Å². The van der Waals surface area contributed by atoms with Crippen LogP contribution in [0, 0.1) is 6.92 Å². The molecule has 142 valence electrons. The molecule has 2 N–H and O–H groups in total. The summed E-state index contributed by atoms with van der Waals surface area (Å²) in [5, 5.41) is 9.12. The van der Waals surface area contributed by atoms with Gasteiger partial charge >= 0.3 is 10.1 Å². The van der Waals surface area contributed by atoms with E-state index in [9.17, 15) is 27.7 Å². The van der Waals surface area contributed by atoms with Crippen LogP contribution in [-0.2, 0) is 22.0 Å². The van der Waals surface area contributed by atoms with E-state index in [4.69, 9.17) is 4.42 Å². The number of aliphatic hydroxyl groups excluding tert-OH is 1. The molecule has 4 rings (SSSR count). The summed E-state index contributed by atoms with van der Waals surface area (Å²) in [5.74, 6) is -1.58. The van der Waals surface area contributed by atoms with Crippen molar-refractivity contribution >= 4 is 21.7 Å². The maximum Gasteiger partial charge on any atom is 0.328 e. The zero-order valence-corrected chi connectivity index (χ0v) is 15.6. The van der Waals surface area contributed by atoms with Crippen LogP contribution in [0.15, 0.2) is 21.6 Å². The van der Waals surface area contributed by atoms with Crippen LogP contribution in [0.2, 0.25) is 0 Å². The van der Waals surface area contributed by atoms with Crippen molar-refractivity contribution in [3.05, 3.63) is 39.9 Å². The Morgan fingerprint density at radius 2 is 1.85 bits per heavy atom. The fourth-order valence-corrected chi connectivity index (χ4v) is 4.98. The maximum atomic E-state index is 12.9. The minimum atomic E-state index is -4.67. The van der Waals surface area contributed by atoms with Gasteiger partial charge in [-0.05, 0) is 37.3 Å². The quantitative estimate of drug-likeness (QED) is 0.596. The topological polar surface area (TPSA) is 122 Å². The molecule has 0 amide bonds. The Morgan fingerprint density at radius 3 is 2.48 bits per heavy atom. The smallest absolute Gasteiger partial charge is 0.328 e. The predicted octanol–water partition coefficient (Wildman–Crippen LogP) is 2.47. The summed E-state index contributed by atoms with van der Waals surface area (Å²) in [6, 6.07) is 3.41. The van der Waals surface area contributed by atoms with Gasteiger partial charge in [-0.2, -0.15) is 8.42 Å². The molecule has 0 saturated carbocycles. The normalized spacial score (nSPS) is 21.6. The van der Waals surface area contributed by atoms with E-state index in [0.717, 1.165) is 18.4 Å². The van der Waals surface area contributed by atoms with Gasteiger partial charge in [-0.15, -0.1) is 0 Å². The van der Waals surface area contributed by atoms with Crippen LogP contribution in [0.1, 0.15) is 57.2 Å². The van der Waals surface area contributed by atoms with Gasteiger partial charge in [0, 0.05) is 22.1 Å². The number of rotatable bonds is 2. The highest BCUT2D eigenvalue weighted by molar-refractivity contribution is 7.85. The van der Waals surface area contributed by atoms with Crippen LogP contribution in [0.3, 0.4) is 0 Å². The molecule has 1 aromatic heterocycles. The Hall–Kier alpha value is -2.29. The average molecular weight is 390 g/mol. The molecule has 0 bridgehead atoms. The molecule has 0 radical (unpaired) electrons. The maximum absolute atomic E-state index is 12.9. The van der Waals surface area contributed by atoms with E-state index in [2.05, 4.69) is 0 Å². The molecule has 2 aliphatic carbocycles. The lowest BCUT2D eigenvalue weighted by molar-refractivity contribution is 0.0813. The van der Waals surface area contributed by atoms with Crippen molar-refractivity contribution in [2.75, 3.05) is 6.61 Å². The van der Waals surface area contributed by atoms with Crippen molar-refractivity contribution < 1.29 is 32.1 Å². The first-order valence-corrected chi connectivity index (χ1v) is 10.0. The largest absolute Gasteiger partial charge is 0.441 e. The first-order valence-electron chi connectivity index (χ1n) is 8.57. The number of aliphatic hydroxyl groups is 1. The summed E-state index contributed by atoms with van der Waals surface area (Å²) < 4.78 is 37.9. The Bertz CT molecular complexity index is 1120. The van der Waals surface area contributed by atoms with Crippen LogP contribution in [-0.4, -0.2) is 36.3 Å². The van der Waals surface area contributed by atoms with Gasteiger partial charge in [0.25, 0.3) is 0 Å². The zero-order chi connectivity index (χ0) is 19.7. The molecule has 7 nitrogen and oxygen atoms in total. The lowest BCUT2D eigenvalue weighted by atomic mass is 9.68. The minimum absolute atomic E-state index is 0.0150. The molecule has 1 heterocycles. The average Bonchev–Trinajstić information content (AvgIpc) is 2.97. The summed E-state index contributed by atoms with van der Waals surface area (Å²) in [6.45, 7) is 3.15. The van der Waals surface area contributed by atoms with Crippen LogP contribution >= 0.6 is 0 Å². The number of hydrogen-bond acceptors (Lipinski definition) is 6. The predicted molar refractivity (Wildman–Crippen MR) is 94.7 cm³/mol. The number of carbonyl (C=O) groups excluding carboxylic acids is 2. The van der Waals surface area contributed by atoms with Crippen LogP contribution in [0.25, 0.3) is 11.3 Å². The van der Waals surface area contributed by atoms with E-state index in [1.54, 1.807) is 12.1 Å². The molecular weight excluding hydrogens is 372 g/mol. The fourth-order valence-electron chi connectivity index (χ4n) is 4.30. The Morgan fingerprint density at radius 1 is 1.19 bits per heavy atom. The number of carbonyl (C=O) groups is 2. The second kappa shape index (κ2) is 5.60. The molecule has 27 heavy (non-hydrogen) atoms. The van der Waals surface area contributed by atoms with Crippen molar-refractivity contribution in [2.45, 2.75) is 43.6 Å². The fraction of sp³-hybridized carbons (Fsp3) is 0.368. The van der Waals surface area contributed by atoms with Crippen molar-refractivity contribution in [1.29, 1.82) is 0 Å². The van der Waals surface area contributed by atoms with Gasteiger partial charge in [0.2, 0.25) is 16.7 Å². The number of hydrogen-bond donors (Lipinski definition) is 2. The van der Waals surface area contributed by atoms with E-state index >= 15 is 0 Å². The van der Waals surface area contributed by atoms with Gasteiger partial charge in [-0.3, -0.25) is 14.1 Å². The van der Waals surface area contributed by atoms with Crippen molar-refractivity contribution in [3.8, 4) is 11.3 Å². The third-order valence-corrected chi connectivity index (χ3v) is 6.57. The Labute approximate surface area is 155 Å². The Balaban J connectivity index is 2.06. The third kappa shape index (κ3) is 2.37. The SMILES string of the molecule is Cc1c(S(=O)(=O)O)oc2c1C(=O)C(=O)c1c-2ccc2c1CCCC2(C)CO. The zero-order valence-electron chi connectivity index (χ0n) is 14.8. The highest BCUT2D eigenvalue weighted by atomic mass is 32.2. The second-order valence-electron chi connectivity index (χ2n) is 7.44. The summed E-state index contributed by atoms with van der Waals surface area (Å²) in [4.78, 5) is 25.6. The number of furan rings is 1. The summed E-state index contributed by atoms with van der Waals surface area (Å²) >= 11 is 0. The van der Waals surface area contributed by atoms with Gasteiger partial charge in [-0.1, -0.05) is 19.1 Å². The molecule has 0 saturated heterocycles. The minimum Gasteiger partial charge on any atom is -0.441 e. The molecule has 1 aromatic carbocycles.